The number of para-hydroxylation sites is 2. The molecule has 2 aromatic carbocycles. The van der Waals surface area contributed by atoms with Gasteiger partial charge in [-0.25, -0.2) is 0 Å². The summed E-state index contributed by atoms with van der Waals surface area (Å²) >= 11 is -2.51. The van der Waals surface area contributed by atoms with Gasteiger partial charge in [-0.05, 0) is 24.3 Å². The number of hydrogen-bond donors (Lipinski definition) is 2. The zero-order valence-corrected chi connectivity index (χ0v) is 23.6. The van der Waals surface area contributed by atoms with Crippen molar-refractivity contribution in [1.29, 1.82) is 0 Å². The Bertz CT molecular complexity index is 997. The van der Waals surface area contributed by atoms with E-state index in [-0.39, 0.29) is 5.49 Å². The van der Waals surface area contributed by atoms with Gasteiger partial charge >= 0.3 is 110 Å². The first kappa shape index (κ1) is 25.2. The van der Waals surface area contributed by atoms with Crippen LogP contribution in [0.1, 0.15) is 26.7 Å². The third-order valence-electron chi connectivity index (χ3n) is 5.52. The second-order valence-electron chi connectivity index (χ2n) is 8.07. The Hall–Kier alpha value is -2.04. The van der Waals surface area contributed by atoms with Gasteiger partial charge in [0.15, 0.2) is 0 Å². The molecule has 0 atom stereocenters. The Morgan fingerprint density at radius 1 is 0.710 bits per heavy atom. The van der Waals surface area contributed by atoms with Crippen LogP contribution in [0.25, 0.3) is 0 Å². The molecule has 2 N–H and O–H groups in total. The Balaban J connectivity index is 0.000000199. The van der Waals surface area contributed by atoms with Gasteiger partial charge in [0.25, 0.3) is 0 Å². The number of aromatic hydroxyl groups is 2. The molecule has 4 rings (SSSR count). The van der Waals surface area contributed by atoms with E-state index in [1.54, 1.807) is 51.8 Å². The van der Waals surface area contributed by atoms with Gasteiger partial charge in [-0.1, -0.05) is 36.4 Å². The van der Waals surface area contributed by atoms with Crippen LogP contribution in [0.3, 0.4) is 0 Å². The van der Waals surface area contributed by atoms with E-state index in [0.29, 0.717) is 11.5 Å². The largest absolute Gasteiger partial charge is 0.508 e. The van der Waals surface area contributed by atoms with Crippen molar-refractivity contribution in [2.24, 2.45) is 0 Å². The molecule has 162 valence electrons. The monoisotopic (exact) mass is 598 g/mol. The number of phenols is 2. The third kappa shape index (κ3) is 6.98. The van der Waals surface area contributed by atoms with E-state index in [1.807, 2.05) is 18.8 Å². The smallest absolute Gasteiger partial charge is 0.115 e. The summed E-state index contributed by atoms with van der Waals surface area (Å²) in [7, 11) is 0. The summed E-state index contributed by atoms with van der Waals surface area (Å²) in [6.07, 6.45) is 16.6. The van der Waals surface area contributed by atoms with Crippen molar-refractivity contribution >= 4 is 8.75 Å². The molecule has 4 heteroatoms. The van der Waals surface area contributed by atoms with E-state index in [9.17, 15) is 0 Å². The number of benzene rings is 2. The van der Waals surface area contributed by atoms with Crippen molar-refractivity contribution in [3.05, 3.63) is 104 Å². The van der Waals surface area contributed by atoms with Crippen molar-refractivity contribution < 1.29 is 28.3 Å². The molecule has 2 aliphatic rings. The van der Waals surface area contributed by atoms with E-state index < -0.39 is 18.1 Å². The second kappa shape index (κ2) is 12.7. The molecule has 2 aromatic rings. The molecule has 31 heavy (non-hydrogen) atoms. The minimum absolute atomic E-state index is 0.229. The normalized spacial score (nSPS) is 13.4. The number of rotatable bonds is 2. The van der Waals surface area contributed by atoms with Crippen LogP contribution in [0.5, 0.6) is 11.5 Å². The number of phenolic OH excluding ortho intramolecular Hbond substituents is 2. The predicted octanol–water partition coefficient (Wildman–Crippen LogP) is 7.08. The molecule has 0 fully saturated rings. The Morgan fingerprint density at radius 2 is 1.10 bits per heavy atom. The van der Waals surface area contributed by atoms with E-state index in [4.69, 9.17) is 10.2 Å². The van der Waals surface area contributed by atoms with Crippen molar-refractivity contribution in [2.45, 2.75) is 39.8 Å². The maximum Gasteiger partial charge on any atom is 0.115 e. The van der Waals surface area contributed by atoms with Crippen LogP contribution in [0.2, 0.25) is 13.1 Å². The number of allylic oxidation sites excluding steroid dienone is 8. The summed E-state index contributed by atoms with van der Waals surface area (Å²) in [4.78, 5) is 0. The molecule has 0 radical (unpaired) electrons. The topological polar surface area (TPSA) is 40.5 Å². The summed E-state index contributed by atoms with van der Waals surface area (Å²) in [6, 6.07) is 17.4. The SMILES string of the molecule is C[C](C)=[Hf]([C]1=CC=CC1)([C]1=CC=CC1)=[Si](C)C.Oc1ccccc1.Oc1ccccc1. The standard InChI is InChI=1S/2C6H6O.2C5H5.C3H6.C2H6Si.Hf/c2*7-6-4-2-1-3-5-6;2*1-2-4-5-3-1;2*1-3-2;/h2*1-5,7H;2*1-3H,4H2;2*1-2H3;. The first-order valence-electron chi connectivity index (χ1n) is 10.7. The van der Waals surface area contributed by atoms with Crippen LogP contribution < -0.4 is 0 Å². The first-order chi connectivity index (χ1) is 14.9. The van der Waals surface area contributed by atoms with Gasteiger partial charge in [-0.15, -0.1) is 0 Å². The van der Waals surface area contributed by atoms with Crippen LogP contribution in [-0.2, 0) is 18.1 Å². The average Bonchev–Trinajstić information content (AvgIpc) is 3.46. The summed E-state index contributed by atoms with van der Waals surface area (Å²) in [5.41, 5.74) is -0.229. The predicted molar refractivity (Wildman–Crippen MR) is 134 cm³/mol. The van der Waals surface area contributed by atoms with Crippen molar-refractivity contribution in [1.82, 2.24) is 0 Å². The molecule has 0 aliphatic heterocycles. The Morgan fingerprint density at radius 3 is 1.29 bits per heavy atom. The Kier molecular flexibility index (Phi) is 10.4. The molecule has 0 spiro atoms. The third-order valence-corrected chi connectivity index (χ3v) is 47.5. The quantitative estimate of drug-likeness (QED) is 0.364. The van der Waals surface area contributed by atoms with Gasteiger partial charge in [-0.3, -0.25) is 0 Å². The van der Waals surface area contributed by atoms with Crippen LogP contribution in [0.15, 0.2) is 104 Å². The minimum Gasteiger partial charge on any atom is -0.508 e. The van der Waals surface area contributed by atoms with Crippen LogP contribution in [0, 0.1) is 0 Å². The van der Waals surface area contributed by atoms with E-state index in [0.717, 1.165) is 0 Å². The summed E-state index contributed by atoms with van der Waals surface area (Å²) in [5.74, 6) is 0.644. The maximum atomic E-state index is 8.63. The van der Waals surface area contributed by atoms with E-state index in [2.05, 4.69) is 63.4 Å². The Labute approximate surface area is 191 Å². The molecule has 0 saturated carbocycles. The zero-order chi connectivity index (χ0) is 22.7. The fourth-order valence-electron chi connectivity index (χ4n) is 4.30. The second-order valence-corrected chi connectivity index (χ2v) is 40.6. The minimum atomic E-state index is -2.51. The molecular formula is C27H34HfO2Si. The molecule has 0 aromatic heterocycles. The molecule has 2 nitrogen and oxygen atoms in total. The fraction of sp³-hybridized carbons (Fsp3) is 0.222. The summed E-state index contributed by atoms with van der Waals surface area (Å²) < 4.78 is 5.47. The van der Waals surface area contributed by atoms with Gasteiger partial charge in [0, 0.05) is 0 Å². The van der Waals surface area contributed by atoms with Gasteiger partial charge in [0.05, 0.1) is 0 Å². The van der Waals surface area contributed by atoms with E-state index >= 15 is 0 Å². The molecule has 2 aliphatic carbocycles. The van der Waals surface area contributed by atoms with Crippen molar-refractivity contribution in [3.63, 3.8) is 0 Å². The maximum absolute atomic E-state index is 8.63. The van der Waals surface area contributed by atoms with Crippen molar-refractivity contribution in [2.75, 3.05) is 0 Å². The molecule has 0 saturated heterocycles. The fourth-order valence-corrected chi connectivity index (χ4v) is 45.9. The number of hydrogen-bond acceptors (Lipinski definition) is 2. The van der Waals surface area contributed by atoms with Crippen LogP contribution in [-0.4, -0.2) is 19.0 Å². The first-order valence-corrected chi connectivity index (χ1v) is 24.0. The molecule has 0 unspecified atom stereocenters. The molecule has 0 bridgehead atoms. The van der Waals surface area contributed by atoms with Gasteiger partial charge in [-0.2, -0.15) is 0 Å². The van der Waals surface area contributed by atoms with Gasteiger partial charge in [0.1, 0.15) is 11.5 Å². The zero-order valence-electron chi connectivity index (χ0n) is 19.0. The van der Waals surface area contributed by atoms with Gasteiger partial charge in [0.2, 0.25) is 0 Å². The van der Waals surface area contributed by atoms with Crippen molar-refractivity contribution in [3.8, 4) is 11.5 Å². The van der Waals surface area contributed by atoms with Crippen LogP contribution in [0.4, 0.5) is 0 Å². The summed E-state index contributed by atoms with van der Waals surface area (Å²) in [5, 5.41) is 17.3. The average molecular weight is 597 g/mol. The van der Waals surface area contributed by atoms with Gasteiger partial charge < -0.3 is 10.2 Å². The molecule has 0 heterocycles. The molecule has 0 amide bonds. The van der Waals surface area contributed by atoms with Crippen LogP contribution >= 0.6 is 0 Å². The molecular weight excluding hydrogens is 563 g/mol. The summed E-state index contributed by atoms with van der Waals surface area (Å²) in [6.45, 7) is 9.93. The van der Waals surface area contributed by atoms with E-state index in [1.165, 1.54) is 12.8 Å².